The van der Waals surface area contributed by atoms with Crippen molar-refractivity contribution in [3.63, 3.8) is 0 Å². The first-order chi connectivity index (χ1) is 13.8. The van der Waals surface area contributed by atoms with Crippen LogP contribution in [0.2, 0.25) is 0 Å². The molecule has 1 N–H and O–H groups in total. The minimum absolute atomic E-state index is 0.00124. The van der Waals surface area contributed by atoms with Gasteiger partial charge in [-0.05, 0) is 42.7 Å². The Morgan fingerprint density at radius 3 is 2.59 bits per heavy atom. The van der Waals surface area contributed by atoms with Crippen molar-refractivity contribution in [1.29, 1.82) is 0 Å². The van der Waals surface area contributed by atoms with Gasteiger partial charge in [-0.25, -0.2) is 12.8 Å². The molecule has 0 bridgehead atoms. The molecule has 1 saturated heterocycles. The van der Waals surface area contributed by atoms with Crippen LogP contribution in [0.4, 0.5) is 10.1 Å². The van der Waals surface area contributed by atoms with Crippen LogP contribution < -0.4 is 5.32 Å². The van der Waals surface area contributed by atoms with E-state index in [0.29, 0.717) is 23.4 Å². The highest BCUT2D eigenvalue weighted by Gasteiger charge is 2.32. The van der Waals surface area contributed by atoms with Crippen LogP contribution in [0.5, 0.6) is 0 Å². The molecule has 8 heteroatoms. The Morgan fingerprint density at radius 2 is 1.93 bits per heavy atom. The summed E-state index contributed by atoms with van der Waals surface area (Å²) in [5, 5.41) is 7.07. The Morgan fingerprint density at radius 1 is 1.17 bits per heavy atom. The maximum Gasteiger partial charge on any atom is 0.276 e. The summed E-state index contributed by atoms with van der Waals surface area (Å²) in [6.45, 7) is 1.64. The van der Waals surface area contributed by atoms with Crippen LogP contribution in [-0.4, -0.2) is 35.6 Å². The molecular weight excluding hydrogens is 393 g/mol. The van der Waals surface area contributed by atoms with Crippen LogP contribution in [0.1, 0.15) is 28.5 Å². The second-order valence-corrected chi connectivity index (χ2v) is 9.43. The molecule has 6 nitrogen and oxygen atoms in total. The van der Waals surface area contributed by atoms with E-state index < -0.39 is 21.6 Å². The molecule has 0 radical (unpaired) electrons. The summed E-state index contributed by atoms with van der Waals surface area (Å²) in [6.07, 6.45) is 0.452. The molecule has 0 saturated carbocycles. The number of anilines is 1. The van der Waals surface area contributed by atoms with Gasteiger partial charge in [-0.2, -0.15) is 5.10 Å². The molecule has 29 heavy (non-hydrogen) atoms. The number of halogens is 1. The fraction of sp³-hybridized carbons (Fsp3) is 0.238. The van der Waals surface area contributed by atoms with Crippen LogP contribution in [0.15, 0.2) is 54.6 Å². The number of sulfone groups is 1. The third-order valence-corrected chi connectivity index (χ3v) is 6.77. The number of amides is 1. The first-order valence-corrected chi connectivity index (χ1v) is 11.1. The molecule has 0 unspecified atom stereocenters. The number of hydrogen-bond acceptors (Lipinski definition) is 4. The Kier molecular flexibility index (Phi) is 4.96. The molecule has 2 aromatic carbocycles. The Balaban J connectivity index is 1.69. The van der Waals surface area contributed by atoms with Gasteiger partial charge in [-0.1, -0.05) is 36.4 Å². The van der Waals surface area contributed by atoms with Crippen molar-refractivity contribution >= 4 is 21.4 Å². The Labute approximate surface area is 168 Å². The standard InChI is InChI=1S/C21H20FN3O3S/c1-14-7-8-16(11-18(14)22)23-21(26)19-12-20(15-5-3-2-4-6-15)25(24-19)17-9-10-29(27,28)13-17/h2-8,11-12,17H,9-10,13H2,1H3,(H,23,26)/t17-/m0/s1. The zero-order valence-corrected chi connectivity index (χ0v) is 16.6. The largest absolute Gasteiger partial charge is 0.320 e. The molecule has 3 aromatic rings. The molecule has 1 aliphatic rings. The normalized spacial score (nSPS) is 17.9. The summed E-state index contributed by atoms with van der Waals surface area (Å²) in [5.41, 5.74) is 2.48. The Bertz CT molecular complexity index is 1170. The molecule has 0 spiro atoms. The predicted octanol–water partition coefficient (Wildman–Crippen LogP) is 3.61. The molecule has 2 heterocycles. The number of carbonyl (C=O) groups is 1. The maximum absolute atomic E-state index is 13.8. The summed E-state index contributed by atoms with van der Waals surface area (Å²) in [4.78, 5) is 12.7. The van der Waals surface area contributed by atoms with E-state index in [0.717, 1.165) is 5.56 Å². The Hall–Kier alpha value is -3.00. The van der Waals surface area contributed by atoms with Gasteiger partial charge in [0.25, 0.3) is 5.91 Å². The van der Waals surface area contributed by atoms with Gasteiger partial charge in [0.05, 0.1) is 23.2 Å². The van der Waals surface area contributed by atoms with Crippen LogP contribution >= 0.6 is 0 Å². The number of rotatable bonds is 4. The van der Waals surface area contributed by atoms with E-state index in [1.807, 2.05) is 30.3 Å². The lowest BCUT2D eigenvalue weighted by Gasteiger charge is -2.13. The predicted molar refractivity (Wildman–Crippen MR) is 109 cm³/mol. The second-order valence-electron chi connectivity index (χ2n) is 7.20. The van der Waals surface area contributed by atoms with Crippen molar-refractivity contribution in [2.45, 2.75) is 19.4 Å². The third-order valence-electron chi connectivity index (χ3n) is 5.02. The van der Waals surface area contributed by atoms with Gasteiger partial charge in [-0.15, -0.1) is 0 Å². The molecule has 1 aromatic heterocycles. The number of aromatic nitrogens is 2. The topological polar surface area (TPSA) is 81.1 Å². The van der Waals surface area contributed by atoms with Gasteiger partial charge >= 0.3 is 0 Å². The van der Waals surface area contributed by atoms with Crippen molar-refractivity contribution in [3.8, 4) is 11.3 Å². The van der Waals surface area contributed by atoms with E-state index in [9.17, 15) is 17.6 Å². The zero-order valence-electron chi connectivity index (χ0n) is 15.8. The van der Waals surface area contributed by atoms with Gasteiger partial charge in [0.2, 0.25) is 0 Å². The van der Waals surface area contributed by atoms with Crippen LogP contribution in [0.3, 0.4) is 0 Å². The lowest BCUT2D eigenvalue weighted by molar-refractivity contribution is 0.102. The van der Waals surface area contributed by atoms with Gasteiger partial charge < -0.3 is 5.32 Å². The molecule has 0 aliphatic carbocycles. The summed E-state index contributed by atoms with van der Waals surface area (Å²) in [7, 11) is -3.11. The van der Waals surface area contributed by atoms with Crippen LogP contribution in [0, 0.1) is 12.7 Å². The highest BCUT2D eigenvalue weighted by atomic mass is 32.2. The minimum atomic E-state index is -3.11. The van der Waals surface area contributed by atoms with Crippen molar-refractivity contribution in [2.24, 2.45) is 0 Å². The number of aryl methyl sites for hydroxylation is 1. The first kappa shape index (κ1) is 19.3. The molecular formula is C21H20FN3O3S. The van der Waals surface area contributed by atoms with Crippen molar-refractivity contribution in [3.05, 3.63) is 71.7 Å². The molecule has 1 fully saturated rings. The molecule has 1 aliphatic heterocycles. The molecule has 1 atom stereocenters. The van der Waals surface area contributed by atoms with E-state index in [1.165, 1.54) is 6.07 Å². The fourth-order valence-electron chi connectivity index (χ4n) is 3.44. The van der Waals surface area contributed by atoms with Crippen molar-refractivity contribution in [2.75, 3.05) is 16.8 Å². The molecule has 1 amide bonds. The first-order valence-electron chi connectivity index (χ1n) is 9.25. The molecule has 150 valence electrons. The maximum atomic E-state index is 13.8. The highest BCUT2D eigenvalue weighted by Crippen LogP contribution is 2.30. The number of hydrogen-bond donors (Lipinski definition) is 1. The average molecular weight is 413 g/mol. The van der Waals surface area contributed by atoms with E-state index in [4.69, 9.17) is 0 Å². The summed E-state index contributed by atoms with van der Waals surface area (Å²) < 4.78 is 39.3. The van der Waals surface area contributed by atoms with Crippen LogP contribution in [-0.2, 0) is 9.84 Å². The highest BCUT2D eigenvalue weighted by molar-refractivity contribution is 7.91. The lowest BCUT2D eigenvalue weighted by Crippen LogP contribution is -2.16. The number of benzene rings is 2. The number of nitrogens with zero attached hydrogens (tertiary/aromatic N) is 2. The van der Waals surface area contributed by atoms with E-state index >= 15 is 0 Å². The lowest BCUT2D eigenvalue weighted by atomic mass is 10.1. The van der Waals surface area contributed by atoms with Gasteiger partial charge in [-0.3, -0.25) is 9.48 Å². The van der Waals surface area contributed by atoms with E-state index in [-0.39, 0.29) is 23.2 Å². The monoisotopic (exact) mass is 413 g/mol. The second kappa shape index (κ2) is 7.44. The summed E-state index contributed by atoms with van der Waals surface area (Å²) in [6, 6.07) is 15.2. The average Bonchev–Trinajstić information content (AvgIpc) is 3.29. The minimum Gasteiger partial charge on any atom is -0.320 e. The van der Waals surface area contributed by atoms with Gasteiger partial charge in [0.1, 0.15) is 5.82 Å². The van der Waals surface area contributed by atoms with Crippen LogP contribution in [0.25, 0.3) is 11.3 Å². The zero-order chi connectivity index (χ0) is 20.6. The number of carbonyl (C=O) groups excluding carboxylic acids is 1. The fourth-order valence-corrected chi connectivity index (χ4v) is 5.13. The number of nitrogens with one attached hydrogen (secondary N) is 1. The van der Waals surface area contributed by atoms with E-state index in [2.05, 4.69) is 10.4 Å². The third kappa shape index (κ3) is 4.07. The summed E-state index contributed by atoms with van der Waals surface area (Å²) in [5.74, 6) is -0.784. The molecule has 4 rings (SSSR count). The summed E-state index contributed by atoms with van der Waals surface area (Å²) >= 11 is 0. The van der Waals surface area contributed by atoms with Crippen molar-refractivity contribution < 1.29 is 17.6 Å². The van der Waals surface area contributed by atoms with Gasteiger partial charge in [0.15, 0.2) is 15.5 Å². The van der Waals surface area contributed by atoms with Gasteiger partial charge in [0, 0.05) is 5.69 Å². The van der Waals surface area contributed by atoms with Crippen molar-refractivity contribution in [1.82, 2.24) is 9.78 Å². The quantitative estimate of drug-likeness (QED) is 0.709. The van der Waals surface area contributed by atoms with E-state index in [1.54, 1.807) is 29.8 Å². The SMILES string of the molecule is Cc1ccc(NC(=O)c2cc(-c3ccccc3)n([C@H]3CCS(=O)(=O)C3)n2)cc1F. The smallest absolute Gasteiger partial charge is 0.276 e.